The highest BCUT2D eigenvalue weighted by Gasteiger charge is 2.52. The van der Waals surface area contributed by atoms with Gasteiger partial charge in [-0.15, -0.1) is 0 Å². The fourth-order valence-electron chi connectivity index (χ4n) is 11.8. The van der Waals surface area contributed by atoms with Gasteiger partial charge in [0.1, 0.15) is 74.3 Å². The summed E-state index contributed by atoms with van der Waals surface area (Å²) in [6, 6.07) is 0. The molecular weight excluding hydrogens is 1220 g/mol. The molecule has 0 radical (unpaired) electrons. The van der Waals surface area contributed by atoms with Crippen LogP contribution in [0.3, 0.4) is 0 Å². The van der Waals surface area contributed by atoms with Crippen LogP contribution in [0.5, 0.6) is 0 Å². The van der Waals surface area contributed by atoms with Crippen molar-refractivity contribution in [1.82, 2.24) is 0 Å². The van der Waals surface area contributed by atoms with Crippen LogP contribution in [0.1, 0.15) is 297 Å². The zero-order chi connectivity index (χ0) is 69.4. The van der Waals surface area contributed by atoms with E-state index in [9.17, 15) is 60.3 Å². The molecule has 8 unspecified atom stereocenters. The first-order valence-electron chi connectivity index (χ1n) is 37.8. The van der Waals surface area contributed by atoms with Gasteiger partial charge in [-0.2, -0.15) is 0 Å². The second-order valence-electron chi connectivity index (χ2n) is 26.5. The number of hydrogen-bond donors (Lipinski definition) is 9. The van der Waals surface area contributed by atoms with E-state index < -0.39 is 150 Å². The van der Waals surface area contributed by atoms with Crippen molar-refractivity contribution in [3.8, 4) is 0 Å². The van der Waals surface area contributed by atoms with Crippen LogP contribution in [0, 0.1) is 0 Å². The van der Waals surface area contributed by atoms with Gasteiger partial charge >= 0.3 is 17.9 Å². The Balaban J connectivity index is 2.20. The van der Waals surface area contributed by atoms with E-state index in [0.717, 1.165) is 89.9 Å². The average Bonchev–Trinajstić information content (AvgIpc) is 0.791. The molecule has 558 valence electrons. The number of allylic oxidation sites excluding steroid dienone is 4. The number of ether oxygens (including phenoxy) is 9. The molecule has 95 heavy (non-hydrogen) atoms. The standard InChI is InChI=1S/C74H136O21/c1-4-7-10-13-16-19-22-25-28-31-34-36-39-42-45-48-63(79)87-54-58(91-65(81)50-47-44-41-38-35-32-29-26-23-20-17-14-11-8-5-2)55-90-74-72(95-73-71(86)69(84)67(82)62(93-73)57-89-66(53-77)92-60(52-76)59(78)51-75)70(85)68(83)61(94-74)56-88-64(80)49-46-43-40-37-33-30-27-24-21-18-15-12-9-6-3/h19,22,28,31,58-62,66-78,82-86H,4-18,20-21,23-27,29-30,32-57H2,1-3H3/b22-19-,31-28-/t58-,59?,60?,61?,62?,66+,67+,68-,69?,70?,71?,72?,73+,74+/m1/s1. The van der Waals surface area contributed by atoms with E-state index >= 15 is 0 Å². The van der Waals surface area contributed by atoms with Gasteiger partial charge in [0.25, 0.3) is 0 Å². The fourth-order valence-corrected chi connectivity index (χ4v) is 11.8. The third kappa shape index (κ3) is 43.5. The van der Waals surface area contributed by atoms with E-state index in [1.807, 2.05) is 0 Å². The van der Waals surface area contributed by atoms with Crippen molar-refractivity contribution in [2.75, 3.05) is 46.2 Å². The van der Waals surface area contributed by atoms with Gasteiger partial charge in [0.15, 0.2) is 25.0 Å². The summed E-state index contributed by atoms with van der Waals surface area (Å²) in [6.45, 7) is 2.23. The number of carbonyl (C=O) groups is 3. The number of aliphatic hydroxyl groups excluding tert-OH is 9. The Morgan fingerprint density at radius 2 is 0.832 bits per heavy atom. The topological polar surface area (TPSA) is 316 Å². The van der Waals surface area contributed by atoms with Crippen molar-refractivity contribution in [3.05, 3.63) is 24.3 Å². The Bertz CT molecular complexity index is 1860. The van der Waals surface area contributed by atoms with Crippen LogP contribution in [-0.2, 0) is 57.0 Å². The molecule has 14 atom stereocenters. The van der Waals surface area contributed by atoms with E-state index in [0.29, 0.717) is 19.3 Å². The molecular formula is C74H136O21. The van der Waals surface area contributed by atoms with Gasteiger partial charge < -0.3 is 88.6 Å². The Hall–Kier alpha value is -2.71. The van der Waals surface area contributed by atoms with Gasteiger partial charge in [0.05, 0.1) is 33.0 Å². The molecule has 0 bridgehead atoms. The summed E-state index contributed by atoms with van der Waals surface area (Å²) in [5.41, 5.74) is 0. The van der Waals surface area contributed by atoms with E-state index in [2.05, 4.69) is 45.1 Å². The maximum absolute atomic E-state index is 13.5. The third-order valence-electron chi connectivity index (χ3n) is 18.0. The molecule has 21 nitrogen and oxygen atoms in total. The van der Waals surface area contributed by atoms with Gasteiger partial charge in [-0.05, 0) is 51.4 Å². The second-order valence-corrected chi connectivity index (χ2v) is 26.5. The number of esters is 3. The Kier molecular flexibility index (Phi) is 55.9. The van der Waals surface area contributed by atoms with E-state index in [-0.39, 0.29) is 19.3 Å². The Morgan fingerprint density at radius 3 is 1.29 bits per heavy atom. The minimum atomic E-state index is -2.00. The number of hydrogen-bond acceptors (Lipinski definition) is 21. The fraction of sp³-hybridized carbons (Fsp3) is 0.905. The molecule has 2 fully saturated rings. The summed E-state index contributed by atoms with van der Waals surface area (Å²) >= 11 is 0. The molecule has 2 saturated heterocycles. The smallest absolute Gasteiger partial charge is 0.306 e. The van der Waals surface area contributed by atoms with Gasteiger partial charge in [0, 0.05) is 19.3 Å². The molecule has 21 heteroatoms. The lowest BCUT2D eigenvalue weighted by atomic mass is 9.97. The van der Waals surface area contributed by atoms with Gasteiger partial charge in [-0.3, -0.25) is 14.4 Å². The highest BCUT2D eigenvalue weighted by molar-refractivity contribution is 5.70. The molecule has 0 amide bonds. The molecule has 0 aromatic carbocycles. The first-order valence-corrected chi connectivity index (χ1v) is 37.8. The number of carbonyl (C=O) groups excluding carboxylic acids is 3. The molecule has 2 rings (SSSR count). The summed E-state index contributed by atoms with van der Waals surface area (Å²) in [7, 11) is 0. The van der Waals surface area contributed by atoms with Gasteiger partial charge in [0.2, 0.25) is 0 Å². The summed E-state index contributed by atoms with van der Waals surface area (Å²) in [5, 5.41) is 95.7. The quantitative estimate of drug-likeness (QED) is 0.00898. The molecule has 0 aliphatic carbocycles. The highest BCUT2D eigenvalue weighted by atomic mass is 16.8. The second kappa shape index (κ2) is 60.1. The Labute approximate surface area is 572 Å². The molecule has 2 aliphatic rings. The van der Waals surface area contributed by atoms with Crippen molar-refractivity contribution < 1.29 is 103 Å². The first-order chi connectivity index (χ1) is 46.2. The van der Waals surface area contributed by atoms with Gasteiger partial charge in [-0.25, -0.2) is 0 Å². The number of unbranched alkanes of at least 4 members (excludes halogenated alkanes) is 35. The molecule has 0 spiro atoms. The summed E-state index contributed by atoms with van der Waals surface area (Å²) in [5.74, 6) is -1.61. The largest absolute Gasteiger partial charge is 0.463 e. The molecule has 0 saturated carbocycles. The van der Waals surface area contributed by atoms with E-state index in [1.54, 1.807) is 0 Å². The summed E-state index contributed by atoms with van der Waals surface area (Å²) in [6.07, 6.45) is 30.5. The van der Waals surface area contributed by atoms with Crippen LogP contribution < -0.4 is 0 Å². The monoisotopic (exact) mass is 1360 g/mol. The molecule has 9 N–H and O–H groups in total. The SMILES string of the molecule is CCCCCC/C=C\C/C=C\CCCCCCC(=O)OC[C@H](CO[C@H]1OC(COC(=O)CCCCCCCCCCCCCCCC)[C@@H](O)C(O)C1O[C@@H]1OC(CO[C@H](CO)OC(CO)C(O)CO)[C@H](O)C(O)C1O)OC(=O)CCCCCCCCCCCCCCCCC. The summed E-state index contributed by atoms with van der Waals surface area (Å²) in [4.78, 5) is 39.9. The third-order valence-corrected chi connectivity index (χ3v) is 18.0. The lowest BCUT2D eigenvalue weighted by Crippen LogP contribution is -2.65. The van der Waals surface area contributed by atoms with Crippen LogP contribution in [0.2, 0.25) is 0 Å². The van der Waals surface area contributed by atoms with Crippen molar-refractivity contribution in [2.24, 2.45) is 0 Å². The zero-order valence-electron chi connectivity index (χ0n) is 59.2. The van der Waals surface area contributed by atoms with Crippen molar-refractivity contribution in [3.63, 3.8) is 0 Å². The molecule has 2 heterocycles. The van der Waals surface area contributed by atoms with Crippen molar-refractivity contribution in [2.45, 2.75) is 383 Å². The van der Waals surface area contributed by atoms with Crippen LogP contribution >= 0.6 is 0 Å². The lowest BCUT2D eigenvalue weighted by Gasteiger charge is -2.46. The zero-order valence-corrected chi connectivity index (χ0v) is 59.2. The van der Waals surface area contributed by atoms with Crippen LogP contribution in [0.25, 0.3) is 0 Å². The highest BCUT2D eigenvalue weighted by Crippen LogP contribution is 2.31. The maximum atomic E-state index is 13.5. The molecule has 2 aliphatic heterocycles. The van der Waals surface area contributed by atoms with Crippen LogP contribution in [-0.4, -0.2) is 196 Å². The Morgan fingerprint density at radius 1 is 0.421 bits per heavy atom. The minimum Gasteiger partial charge on any atom is -0.463 e. The number of aliphatic hydroxyl groups is 9. The first kappa shape index (κ1) is 88.4. The molecule has 0 aromatic rings. The minimum absolute atomic E-state index is 0.0882. The summed E-state index contributed by atoms with van der Waals surface area (Å²) < 4.78 is 52.5. The molecule has 0 aromatic heterocycles. The average molecular weight is 1360 g/mol. The van der Waals surface area contributed by atoms with Gasteiger partial charge in [-0.1, -0.05) is 251 Å². The maximum Gasteiger partial charge on any atom is 0.306 e. The van der Waals surface area contributed by atoms with Crippen LogP contribution in [0.15, 0.2) is 24.3 Å². The number of rotatable bonds is 64. The predicted octanol–water partition coefficient (Wildman–Crippen LogP) is 11.7. The normalized spacial score (nSPS) is 22.9. The van der Waals surface area contributed by atoms with Crippen LogP contribution in [0.4, 0.5) is 0 Å². The lowest BCUT2D eigenvalue weighted by molar-refractivity contribution is -0.371. The predicted molar refractivity (Wildman–Crippen MR) is 366 cm³/mol. The van der Waals surface area contributed by atoms with Crippen molar-refractivity contribution in [1.29, 1.82) is 0 Å². The van der Waals surface area contributed by atoms with E-state index in [1.165, 1.54) is 148 Å². The van der Waals surface area contributed by atoms with E-state index in [4.69, 9.17) is 42.6 Å². The van der Waals surface area contributed by atoms with Crippen molar-refractivity contribution >= 4 is 17.9 Å².